The molecule has 2 N–H and O–H groups in total. The number of nitrogens with two attached hydrogens (primary N) is 1. The van der Waals surface area contributed by atoms with Crippen LogP contribution in [0.15, 0.2) is 46.9 Å². The Morgan fingerprint density at radius 3 is 2.81 bits per heavy atom. The summed E-state index contributed by atoms with van der Waals surface area (Å²) in [5.74, 6) is -0.397. The second kappa shape index (κ2) is 7.52. The normalized spacial score (nSPS) is 21.7. The van der Waals surface area contributed by atoms with Crippen LogP contribution in [0.5, 0.6) is 0 Å². The van der Waals surface area contributed by atoms with E-state index in [-0.39, 0.29) is 29.3 Å². The molecule has 1 saturated heterocycles. The Morgan fingerprint density at radius 2 is 2.19 bits per heavy atom. The van der Waals surface area contributed by atoms with Crippen LogP contribution in [0.3, 0.4) is 0 Å². The van der Waals surface area contributed by atoms with Crippen LogP contribution in [0.4, 0.5) is 5.69 Å². The smallest absolute Gasteiger partial charge is 0.356 e. The van der Waals surface area contributed by atoms with E-state index in [0.717, 1.165) is 0 Å². The molecule has 1 amide bonds. The molecule has 136 valence electrons. The lowest BCUT2D eigenvalue weighted by atomic mass is 10.1. The zero-order valence-corrected chi connectivity index (χ0v) is 15.1. The fourth-order valence-electron chi connectivity index (χ4n) is 2.60. The summed E-state index contributed by atoms with van der Waals surface area (Å²) in [6, 6.07) is 5.10. The van der Waals surface area contributed by atoms with Crippen molar-refractivity contribution in [2.75, 3.05) is 5.75 Å². The van der Waals surface area contributed by atoms with E-state index in [4.69, 9.17) is 10.5 Å². The van der Waals surface area contributed by atoms with Crippen LogP contribution in [0.2, 0.25) is 0 Å². The Bertz CT molecular complexity index is 809. The van der Waals surface area contributed by atoms with E-state index >= 15 is 0 Å². The third-order valence-corrected chi connectivity index (χ3v) is 6.18. The molecular formula is C16H15N3O5S2. The summed E-state index contributed by atoms with van der Waals surface area (Å²) < 4.78 is 5.32. The molecule has 0 bridgehead atoms. The summed E-state index contributed by atoms with van der Waals surface area (Å²) in [6.07, 6.45) is 0. The molecule has 26 heavy (non-hydrogen) atoms. The fourth-order valence-corrected chi connectivity index (χ4v) is 4.71. The van der Waals surface area contributed by atoms with E-state index in [1.54, 1.807) is 5.41 Å². The number of nitrogens with zero attached hydrogens (tertiary/aromatic N) is 2. The van der Waals surface area contributed by atoms with Gasteiger partial charge in [0, 0.05) is 22.8 Å². The monoisotopic (exact) mass is 393 g/mol. The average molecular weight is 393 g/mol. The number of amides is 1. The van der Waals surface area contributed by atoms with E-state index in [0.29, 0.717) is 16.2 Å². The molecule has 1 aromatic carbocycles. The summed E-state index contributed by atoms with van der Waals surface area (Å²) in [5, 5.41) is 12.0. The number of esters is 1. The summed E-state index contributed by atoms with van der Waals surface area (Å²) >= 11 is 2.77. The Labute approximate surface area is 157 Å². The Balaban J connectivity index is 1.74. The van der Waals surface area contributed by atoms with Crippen LogP contribution in [-0.2, 0) is 20.9 Å². The predicted molar refractivity (Wildman–Crippen MR) is 98.8 cm³/mol. The van der Waals surface area contributed by atoms with Crippen LogP contribution in [0, 0.1) is 10.1 Å². The topological polar surface area (TPSA) is 116 Å². The SMILES string of the molecule is C=CSC1=C(C(=O)OCc2ccc([N+](=O)[O-])cc2)N2C(=O)C(N)C2SC1. The fraction of sp³-hybridized carbons (Fsp3) is 0.250. The first-order chi connectivity index (χ1) is 12.4. The van der Waals surface area contributed by atoms with Gasteiger partial charge in [-0.3, -0.25) is 19.8 Å². The number of nitro groups is 1. The molecule has 2 heterocycles. The highest BCUT2D eigenvalue weighted by atomic mass is 32.2. The molecular weight excluding hydrogens is 378 g/mol. The molecule has 3 rings (SSSR count). The van der Waals surface area contributed by atoms with Gasteiger partial charge in [0.1, 0.15) is 23.7 Å². The van der Waals surface area contributed by atoms with Gasteiger partial charge in [-0.2, -0.15) is 0 Å². The van der Waals surface area contributed by atoms with Gasteiger partial charge in [-0.15, -0.1) is 11.8 Å². The lowest BCUT2D eigenvalue weighted by Gasteiger charge is -2.48. The van der Waals surface area contributed by atoms with Gasteiger partial charge in [0.2, 0.25) is 5.91 Å². The number of hydrogen-bond donors (Lipinski definition) is 1. The first-order valence-corrected chi connectivity index (χ1v) is 9.48. The van der Waals surface area contributed by atoms with E-state index < -0.39 is 16.9 Å². The van der Waals surface area contributed by atoms with Crippen molar-refractivity contribution in [3.05, 3.63) is 62.5 Å². The first-order valence-electron chi connectivity index (χ1n) is 7.55. The van der Waals surface area contributed by atoms with Gasteiger partial charge < -0.3 is 10.5 Å². The van der Waals surface area contributed by atoms with Crippen molar-refractivity contribution >= 4 is 41.1 Å². The summed E-state index contributed by atoms with van der Waals surface area (Å²) in [6.45, 7) is 3.59. The lowest BCUT2D eigenvalue weighted by molar-refractivity contribution is -0.384. The van der Waals surface area contributed by atoms with Gasteiger partial charge in [-0.25, -0.2) is 4.79 Å². The largest absolute Gasteiger partial charge is 0.456 e. The minimum Gasteiger partial charge on any atom is -0.456 e. The van der Waals surface area contributed by atoms with Crippen molar-refractivity contribution in [1.29, 1.82) is 0 Å². The molecule has 0 radical (unpaired) electrons. The molecule has 2 aliphatic heterocycles. The quantitative estimate of drug-likeness (QED) is 0.337. The number of hydrogen-bond acceptors (Lipinski definition) is 8. The van der Waals surface area contributed by atoms with Crippen LogP contribution < -0.4 is 5.73 Å². The van der Waals surface area contributed by atoms with Crippen molar-refractivity contribution in [3.63, 3.8) is 0 Å². The van der Waals surface area contributed by atoms with Crippen molar-refractivity contribution in [3.8, 4) is 0 Å². The molecule has 8 nitrogen and oxygen atoms in total. The van der Waals surface area contributed by atoms with E-state index in [2.05, 4.69) is 6.58 Å². The minimum atomic E-state index is -0.627. The lowest BCUT2D eigenvalue weighted by Crippen LogP contribution is -2.68. The zero-order chi connectivity index (χ0) is 18.8. The second-order valence-corrected chi connectivity index (χ2v) is 7.66. The van der Waals surface area contributed by atoms with Crippen molar-refractivity contribution < 1.29 is 19.2 Å². The summed E-state index contributed by atoms with van der Waals surface area (Å²) in [4.78, 5) is 36.9. The number of rotatable bonds is 6. The van der Waals surface area contributed by atoms with E-state index in [1.165, 1.54) is 52.7 Å². The molecule has 0 spiro atoms. The number of β-lactam (4-membered cyclic amide) rings is 1. The number of fused-ring (bicyclic) bond motifs is 1. The molecule has 10 heteroatoms. The Hall–Kier alpha value is -2.30. The molecule has 2 unspecified atom stereocenters. The molecule has 2 aliphatic rings. The maximum atomic E-state index is 12.6. The van der Waals surface area contributed by atoms with E-state index in [9.17, 15) is 19.7 Å². The molecule has 0 saturated carbocycles. The van der Waals surface area contributed by atoms with Crippen LogP contribution in [0.25, 0.3) is 0 Å². The Morgan fingerprint density at radius 1 is 1.50 bits per heavy atom. The third-order valence-electron chi connectivity index (χ3n) is 3.91. The second-order valence-electron chi connectivity index (χ2n) is 5.49. The highest BCUT2D eigenvalue weighted by Gasteiger charge is 2.52. The summed E-state index contributed by atoms with van der Waals surface area (Å²) in [5.41, 5.74) is 6.56. The maximum Gasteiger partial charge on any atom is 0.356 e. The summed E-state index contributed by atoms with van der Waals surface area (Å²) in [7, 11) is 0. The number of ether oxygens (including phenoxy) is 1. The van der Waals surface area contributed by atoms with Gasteiger partial charge in [0.25, 0.3) is 5.69 Å². The first kappa shape index (κ1) is 18.5. The highest BCUT2D eigenvalue weighted by Crippen LogP contribution is 2.43. The van der Waals surface area contributed by atoms with Gasteiger partial charge >= 0.3 is 5.97 Å². The third kappa shape index (κ3) is 3.35. The molecule has 1 aromatic rings. The predicted octanol–water partition coefficient (Wildman–Crippen LogP) is 1.97. The highest BCUT2D eigenvalue weighted by molar-refractivity contribution is 8.08. The number of non-ortho nitro benzene ring substituents is 1. The van der Waals surface area contributed by atoms with Crippen molar-refractivity contribution in [1.82, 2.24) is 4.90 Å². The van der Waals surface area contributed by atoms with Crippen molar-refractivity contribution in [2.24, 2.45) is 5.73 Å². The number of carbonyl (C=O) groups is 2. The Kier molecular flexibility index (Phi) is 5.35. The van der Waals surface area contributed by atoms with Gasteiger partial charge in [-0.05, 0) is 23.1 Å². The van der Waals surface area contributed by atoms with Gasteiger partial charge in [-0.1, -0.05) is 18.3 Å². The van der Waals surface area contributed by atoms with Crippen LogP contribution >= 0.6 is 23.5 Å². The van der Waals surface area contributed by atoms with E-state index in [1.807, 2.05) is 0 Å². The standard InChI is InChI=1S/C16H15N3O5S2/c1-2-25-11-8-26-15-12(17)14(20)18(15)13(11)16(21)24-7-9-3-5-10(6-4-9)19(22)23/h2-6,12,15H,1,7-8,17H2. The minimum absolute atomic E-state index is 0.0419. The van der Waals surface area contributed by atoms with Crippen LogP contribution in [-0.4, -0.2) is 38.9 Å². The number of carbonyl (C=O) groups excluding carboxylic acids is 2. The van der Waals surface area contributed by atoms with Crippen molar-refractivity contribution in [2.45, 2.75) is 18.0 Å². The number of nitro benzene ring substituents is 1. The average Bonchev–Trinajstić information content (AvgIpc) is 2.65. The molecule has 1 fully saturated rings. The molecule has 0 aliphatic carbocycles. The molecule has 0 aromatic heterocycles. The van der Waals surface area contributed by atoms with Crippen LogP contribution in [0.1, 0.15) is 5.56 Å². The maximum absolute atomic E-state index is 12.6. The number of thioether (sulfide) groups is 2. The van der Waals surface area contributed by atoms with Gasteiger partial charge in [0.05, 0.1) is 4.92 Å². The zero-order valence-electron chi connectivity index (χ0n) is 13.5. The molecule has 2 atom stereocenters. The van der Waals surface area contributed by atoms with Gasteiger partial charge in [0.15, 0.2) is 0 Å². The number of benzene rings is 1.